The van der Waals surface area contributed by atoms with Crippen molar-refractivity contribution in [2.24, 2.45) is 0 Å². The Hall–Kier alpha value is -2.59. The zero-order valence-corrected chi connectivity index (χ0v) is 19.6. The summed E-state index contributed by atoms with van der Waals surface area (Å²) in [6.45, 7) is 8.21. The molecule has 32 heavy (non-hydrogen) atoms. The molecular weight excluding hydrogens is 450 g/mol. The van der Waals surface area contributed by atoms with Crippen molar-refractivity contribution in [1.29, 1.82) is 0 Å². The number of nitrogens with one attached hydrogen (secondary N) is 1. The van der Waals surface area contributed by atoms with E-state index >= 15 is 0 Å². The lowest BCUT2D eigenvalue weighted by atomic mass is 10.2. The molecule has 3 heterocycles. The molecule has 1 fully saturated rings. The molecule has 1 N–H and O–H groups in total. The van der Waals surface area contributed by atoms with E-state index in [0.29, 0.717) is 28.1 Å². The highest BCUT2D eigenvalue weighted by Gasteiger charge is 2.23. The summed E-state index contributed by atoms with van der Waals surface area (Å²) in [4.78, 5) is 32.0. The standard InChI is InChI=1S/C22H24ClN5O3S/c1-13-8-19(29)20(26-28(13)18-6-4-16(23)5-7-18)21(30)25-22-24-17(12-32-22)11-27-9-14(2)31-15(3)10-27/h4-8,12,14-15H,9-11H2,1-3H3,(H,24,25,30)/t14-,15-/m1/s1. The fraction of sp³-hybridized carbons (Fsp3) is 0.364. The van der Waals surface area contributed by atoms with Crippen LogP contribution in [0, 0.1) is 6.92 Å². The number of benzene rings is 1. The minimum absolute atomic E-state index is 0.173. The van der Waals surface area contributed by atoms with Crippen LogP contribution in [-0.2, 0) is 11.3 Å². The average Bonchev–Trinajstić information content (AvgIpc) is 3.14. The first-order valence-electron chi connectivity index (χ1n) is 10.3. The molecule has 168 valence electrons. The lowest BCUT2D eigenvalue weighted by molar-refractivity contribution is -0.0707. The molecule has 0 spiro atoms. The predicted molar refractivity (Wildman–Crippen MR) is 125 cm³/mol. The maximum absolute atomic E-state index is 12.8. The van der Waals surface area contributed by atoms with Crippen LogP contribution in [0.4, 0.5) is 5.13 Å². The van der Waals surface area contributed by atoms with Crippen molar-refractivity contribution in [3.05, 3.63) is 68.0 Å². The van der Waals surface area contributed by atoms with E-state index in [4.69, 9.17) is 16.3 Å². The number of anilines is 1. The molecule has 3 aromatic rings. The lowest BCUT2D eigenvalue weighted by Gasteiger charge is -2.34. The van der Waals surface area contributed by atoms with Gasteiger partial charge >= 0.3 is 0 Å². The molecule has 2 aromatic heterocycles. The normalized spacial score (nSPS) is 19.1. The van der Waals surface area contributed by atoms with Crippen molar-refractivity contribution in [3.63, 3.8) is 0 Å². The van der Waals surface area contributed by atoms with Gasteiger partial charge in [0.1, 0.15) is 0 Å². The highest BCUT2D eigenvalue weighted by molar-refractivity contribution is 7.13. The highest BCUT2D eigenvalue weighted by Crippen LogP contribution is 2.20. The minimum Gasteiger partial charge on any atom is -0.373 e. The SMILES string of the molecule is Cc1cc(=O)c(C(=O)Nc2nc(CN3C[C@@H](C)O[C@H](C)C3)cs2)nn1-c1ccc(Cl)cc1. The van der Waals surface area contributed by atoms with Crippen LogP contribution in [-0.4, -0.2) is 50.9 Å². The topological polar surface area (TPSA) is 89.3 Å². The number of carbonyl (C=O) groups is 1. The van der Waals surface area contributed by atoms with Crippen LogP contribution in [0.5, 0.6) is 0 Å². The van der Waals surface area contributed by atoms with Crippen molar-refractivity contribution in [1.82, 2.24) is 19.7 Å². The van der Waals surface area contributed by atoms with E-state index in [1.807, 2.05) is 5.38 Å². The molecule has 0 unspecified atom stereocenters. The van der Waals surface area contributed by atoms with Gasteiger partial charge in [0, 0.05) is 41.8 Å². The zero-order valence-electron chi connectivity index (χ0n) is 18.0. The van der Waals surface area contributed by atoms with Crippen LogP contribution in [0.25, 0.3) is 5.69 Å². The number of hydrogen-bond donors (Lipinski definition) is 1. The van der Waals surface area contributed by atoms with Crippen LogP contribution in [0.3, 0.4) is 0 Å². The number of halogens is 1. The number of aryl methyl sites for hydroxylation is 1. The number of morpholine rings is 1. The number of aromatic nitrogens is 3. The van der Waals surface area contributed by atoms with Gasteiger partial charge in [-0.15, -0.1) is 11.3 Å². The molecule has 10 heteroatoms. The van der Waals surface area contributed by atoms with Gasteiger partial charge in [-0.05, 0) is 45.0 Å². The largest absolute Gasteiger partial charge is 0.373 e. The van der Waals surface area contributed by atoms with Crippen LogP contribution in [0.2, 0.25) is 5.02 Å². The minimum atomic E-state index is -0.591. The third kappa shape index (κ3) is 5.24. The average molecular weight is 474 g/mol. The Kier molecular flexibility index (Phi) is 6.71. The van der Waals surface area contributed by atoms with E-state index in [1.165, 1.54) is 17.4 Å². The van der Waals surface area contributed by atoms with Gasteiger partial charge < -0.3 is 4.74 Å². The molecule has 1 aromatic carbocycles. The van der Waals surface area contributed by atoms with E-state index in [9.17, 15) is 9.59 Å². The van der Waals surface area contributed by atoms with Gasteiger partial charge in [0.15, 0.2) is 10.8 Å². The third-order valence-electron chi connectivity index (χ3n) is 5.05. The van der Waals surface area contributed by atoms with Crippen molar-refractivity contribution >= 4 is 34.0 Å². The molecule has 0 radical (unpaired) electrons. The third-order valence-corrected chi connectivity index (χ3v) is 6.11. The quantitative estimate of drug-likeness (QED) is 0.610. The molecule has 0 aliphatic carbocycles. The number of nitrogens with zero attached hydrogens (tertiary/aromatic N) is 4. The summed E-state index contributed by atoms with van der Waals surface area (Å²) in [5.41, 5.74) is 1.53. The maximum atomic E-state index is 12.8. The fourth-order valence-electron chi connectivity index (χ4n) is 3.78. The molecular formula is C22H24ClN5O3S. The second-order valence-corrected chi connectivity index (χ2v) is 9.23. The van der Waals surface area contributed by atoms with Gasteiger partial charge in [0.2, 0.25) is 5.43 Å². The van der Waals surface area contributed by atoms with Gasteiger partial charge in [-0.2, -0.15) is 5.10 Å². The number of thiazole rings is 1. The van der Waals surface area contributed by atoms with Gasteiger partial charge in [-0.1, -0.05) is 11.6 Å². The predicted octanol–water partition coefficient (Wildman–Crippen LogP) is 3.51. The molecule has 0 bridgehead atoms. The summed E-state index contributed by atoms with van der Waals surface area (Å²) in [6.07, 6.45) is 0.346. The van der Waals surface area contributed by atoms with E-state index in [2.05, 4.69) is 34.1 Å². The number of rotatable bonds is 5. The Morgan fingerprint density at radius 3 is 2.62 bits per heavy atom. The van der Waals surface area contributed by atoms with E-state index < -0.39 is 11.3 Å². The smallest absolute Gasteiger partial charge is 0.281 e. The summed E-state index contributed by atoms with van der Waals surface area (Å²) in [5.74, 6) is -0.591. The van der Waals surface area contributed by atoms with Gasteiger partial charge in [-0.3, -0.25) is 19.8 Å². The number of amides is 1. The van der Waals surface area contributed by atoms with E-state index in [1.54, 1.807) is 35.9 Å². The van der Waals surface area contributed by atoms with Crippen LogP contribution in [0.15, 0.2) is 40.5 Å². The fourth-order valence-corrected chi connectivity index (χ4v) is 4.61. The maximum Gasteiger partial charge on any atom is 0.281 e. The highest BCUT2D eigenvalue weighted by atomic mass is 35.5. The van der Waals surface area contributed by atoms with Crippen LogP contribution < -0.4 is 10.7 Å². The number of ether oxygens (including phenoxy) is 1. The number of carbonyl (C=O) groups excluding carboxylic acids is 1. The Labute approximate surface area is 194 Å². The molecule has 8 nitrogen and oxygen atoms in total. The first-order valence-corrected chi connectivity index (χ1v) is 11.5. The summed E-state index contributed by atoms with van der Waals surface area (Å²) in [7, 11) is 0. The molecule has 1 aliphatic heterocycles. The van der Waals surface area contributed by atoms with E-state index in [0.717, 1.165) is 18.8 Å². The summed E-state index contributed by atoms with van der Waals surface area (Å²) in [6, 6.07) is 8.39. The summed E-state index contributed by atoms with van der Waals surface area (Å²) < 4.78 is 7.31. The Morgan fingerprint density at radius 1 is 1.25 bits per heavy atom. The first kappa shape index (κ1) is 22.6. The second-order valence-electron chi connectivity index (χ2n) is 7.94. The monoisotopic (exact) mass is 473 g/mol. The molecule has 1 amide bonds. The lowest BCUT2D eigenvalue weighted by Crippen LogP contribution is -2.44. The zero-order chi connectivity index (χ0) is 22.8. The van der Waals surface area contributed by atoms with Crippen molar-refractivity contribution < 1.29 is 9.53 Å². The van der Waals surface area contributed by atoms with Crippen molar-refractivity contribution in [3.8, 4) is 5.69 Å². The second kappa shape index (κ2) is 9.50. The molecule has 0 saturated carbocycles. The summed E-state index contributed by atoms with van der Waals surface area (Å²) >= 11 is 7.28. The van der Waals surface area contributed by atoms with Crippen molar-refractivity contribution in [2.75, 3.05) is 18.4 Å². The first-order chi connectivity index (χ1) is 15.3. The van der Waals surface area contributed by atoms with Crippen LogP contribution in [0.1, 0.15) is 35.7 Å². The Balaban J connectivity index is 1.49. The van der Waals surface area contributed by atoms with Gasteiger partial charge in [0.05, 0.1) is 23.6 Å². The Morgan fingerprint density at radius 2 is 1.94 bits per heavy atom. The van der Waals surface area contributed by atoms with E-state index in [-0.39, 0.29) is 17.9 Å². The van der Waals surface area contributed by atoms with Crippen LogP contribution >= 0.6 is 22.9 Å². The number of hydrogen-bond acceptors (Lipinski definition) is 7. The molecule has 4 rings (SSSR count). The van der Waals surface area contributed by atoms with Gasteiger partial charge in [0.25, 0.3) is 5.91 Å². The van der Waals surface area contributed by atoms with Gasteiger partial charge in [-0.25, -0.2) is 9.67 Å². The summed E-state index contributed by atoms with van der Waals surface area (Å²) in [5, 5.41) is 9.93. The molecule has 2 atom stereocenters. The van der Waals surface area contributed by atoms with Crippen molar-refractivity contribution in [2.45, 2.75) is 39.5 Å². The molecule has 1 aliphatic rings. The Bertz CT molecular complexity index is 1170. The molecule has 1 saturated heterocycles.